The van der Waals surface area contributed by atoms with E-state index in [0.717, 1.165) is 37.7 Å². The lowest BCUT2D eigenvalue weighted by atomic mass is 9.81. The van der Waals surface area contributed by atoms with Gasteiger partial charge in [0.2, 0.25) is 0 Å². The molecule has 1 unspecified atom stereocenters. The normalized spacial score (nSPS) is 19.0. The van der Waals surface area contributed by atoms with Crippen molar-refractivity contribution in [2.24, 2.45) is 0 Å². The third kappa shape index (κ3) is 3.96. The van der Waals surface area contributed by atoms with E-state index in [-0.39, 0.29) is 5.97 Å². The number of carbonyl (C=O) groups excluding carboxylic acids is 1. The molecule has 0 aromatic heterocycles. The predicted molar refractivity (Wildman–Crippen MR) is 82.2 cm³/mol. The van der Waals surface area contributed by atoms with Crippen molar-refractivity contribution in [3.8, 4) is 0 Å². The van der Waals surface area contributed by atoms with Gasteiger partial charge in [0.25, 0.3) is 0 Å². The third-order valence-electron chi connectivity index (χ3n) is 4.17. The van der Waals surface area contributed by atoms with E-state index in [0.29, 0.717) is 11.6 Å². The molecule has 21 heavy (non-hydrogen) atoms. The summed E-state index contributed by atoms with van der Waals surface area (Å²) < 4.78 is 4.95. The standard InChI is InChI=1S/C16H22ClNO3/c1-21-15(20)16(9-3-2-4-10-16)18-11-14(19)12-5-7-13(17)8-6-12/h5-8,14,18-19H,2-4,9-11H2,1H3. The van der Waals surface area contributed by atoms with Crippen LogP contribution >= 0.6 is 11.6 Å². The van der Waals surface area contributed by atoms with Crippen molar-refractivity contribution >= 4 is 17.6 Å². The second-order valence-electron chi connectivity index (χ2n) is 5.58. The molecule has 0 radical (unpaired) electrons. The Morgan fingerprint density at radius 3 is 2.52 bits per heavy atom. The summed E-state index contributed by atoms with van der Waals surface area (Å²) in [5.41, 5.74) is 0.128. The number of ether oxygens (including phenoxy) is 1. The fourth-order valence-electron chi connectivity index (χ4n) is 2.90. The van der Waals surface area contributed by atoms with Gasteiger partial charge in [-0.25, -0.2) is 0 Å². The number of rotatable bonds is 5. The number of nitrogens with one attached hydrogen (secondary N) is 1. The predicted octanol–water partition coefficient (Wildman–Crippen LogP) is 2.84. The van der Waals surface area contributed by atoms with Crippen molar-refractivity contribution in [2.45, 2.75) is 43.7 Å². The van der Waals surface area contributed by atoms with E-state index >= 15 is 0 Å². The van der Waals surface area contributed by atoms with Gasteiger partial charge in [0.05, 0.1) is 13.2 Å². The zero-order valence-corrected chi connectivity index (χ0v) is 13.0. The topological polar surface area (TPSA) is 58.6 Å². The highest BCUT2D eigenvalue weighted by Gasteiger charge is 2.40. The molecule has 0 amide bonds. The molecule has 1 atom stereocenters. The Labute approximate surface area is 130 Å². The summed E-state index contributed by atoms with van der Waals surface area (Å²) in [7, 11) is 1.41. The lowest BCUT2D eigenvalue weighted by molar-refractivity contribution is -0.150. The minimum Gasteiger partial charge on any atom is -0.468 e. The highest BCUT2D eigenvalue weighted by atomic mass is 35.5. The number of hydrogen-bond donors (Lipinski definition) is 2. The first kappa shape index (κ1) is 16.3. The molecule has 5 heteroatoms. The van der Waals surface area contributed by atoms with Crippen molar-refractivity contribution in [1.82, 2.24) is 5.32 Å². The number of hydrogen-bond acceptors (Lipinski definition) is 4. The Morgan fingerprint density at radius 1 is 1.33 bits per heavy atom. The van der Waals surface area contributed by atoms with E-state index in [1.165, 1.54) is 7.11 Å². The van der Waals surface area contributed by atoms with E-state index in [4.69, 9.17) is 16.3 Å². The Bertz CT molecular complexity index is 469. The Balaban J connectivity index is 2.01. The maximum Gasteiger partial charge on any atom is 0.326 e. The van der Waals surface area contributed by atoms with Crippen molar-refractivity contribution < 1.29 is 14.6 Å². The molecule has 2 rings (SSSR count). The monoisotopic (exact) mass is 311 g/mol. The molecule has 1 aliphatic rings. The van der Waals surface area contributed by atoms with Gasteiger partial charge in [-0.2, -0.15) is 0 Å². The maximum absolute atomic E-state index is 12.1. The van der Waals surface area contributed by atoms with E-state index < -0.39 is 11.6 Å². The van der Waals surface area contributed by atoms with Crippen molar-refractivity contribution in [2.75, 3.05) is 13.7 Å². The van der Waals surface area contributed by atoms with E-state index in [1.54, 1.807) is 24.3 Å². The van der Waals surface area contributed by atoms with Gasteiger partial charge >= 0.3 is 5.97 Å². The molecule has 1 saturated carbocycles. The highest BCUT2D eigenvalue weighted by molar-refractivity contribution is 6.30. The van der Waals surface area contributed by atoms with Crippen molar-refractivity contribution in [3.63, 3.8) is 0 Å². The highest BCUT2D eigenvalue weighted by Crippen LogP contribution is 2.30. The molecule has 4 nitrogen and oxygen atoms in total. The van der Waals surface area contributed by atoms with E-state index in [2.05, 4.69) is 5.32 Å². The number of methoxy groups -OCH3 is 1. The summed E-state index contributed by atoms with van der Waals surface area (Å²) in [5.74, 6) is -0.231. The first-order valence-electron chi connectivity index (χ1n) is 7.34. The average Bonchev–Trinajstić information content (AvgIpc) is 2.53. The number of esters is 1. The number of halogens is 1. The molecule has 1 fully saturated rings. The Morgan fingerprint density at radius 2 is 1.95 bits per heavy atom. The molecule has 116 valence electrons. The van der Waals surface area contributed by atoms with Gasteiger partial charge in [-0.05, 0) is 30.5 Å². The number of aliphatic hydroxyl groups excluding tert-OH is 1. The molecular weight excluding hydrogens is 290 g/mol. The van der Waals surface area contributed by atoms with Crippen LogP contribution in [0.1, 0.15) is 43.8 Å². The van der Waals surface area contributed by atoms with Crippen LogP contribution in [0.5, 0.6) is 0 Å². The van der Waals surface area contributed by atoms with Crippen molar-refractivity contribution in [1.29, 1.82) is 0 Å². The fraction of sp³-hybridized carbons (Fsp3) is 0.562. The SMILES string of the molecule is COC(=O)C1(NCC(O)c2ccc(Cl)cc2)CCCCC1. The van der Waals surface area contributed by atoms with Crippen LogP contribution < -0.4 is 5.32 Å². The third-order valence-corrected chi connectivity index (χ3v) is 4.42. The smallest absolute Gasteiger partial charge is 0.326 e. The Kier molecular flexibility index (Phi) is 5.62. The van der Waals surface area contributed by atoms with Crippen molar-refractivity contribution in [3.05, 3.63) is 34.9 Å². The van der Waals surface area contributed by atoms with Crippen LogP contribution in [0.2, 0.25) is 5.02 Å². The molecule has 0 spiro atoms. The van der Waals surface area contributed by atoms with Gasteiger partial charge in [0, 0.05) is 11.6 Å². The fourth-order valence-corrected chi connectivity index (χ4v) is 3.02. The van der Waals surface area contributed by atoms with E-state index in [1.807, 2.05) is 0 Å². The van der Waals surface area contributed by atoms with Crippen LogP contribution in [0.4, 0.5) is 0 Å². The summed E-state index contributed by atoms with van der Waals surface area (Å²) in [6.07, 6.45) is 3.98. The molecule has 0 aliphatic heterocycles. The quantitative estimate of drug-likeness (QED) is 0.821. The Hall–Kier alpha value is -1.10. The molecule has 2 N–H and O–H groups in total. The molecule has 0 saturated heterocycles. The van der Waals surface area contributed by atoms with Gasteiger partial charge in [0.15, 0.2) is 0 Å². The van der Waals surface area contributed by atoms with Gasteiger partial charge < -0.3 is 9.84 Å². The molecule has 1 aromatic rings. The average molecular weight is 312 g/mol. The molecule has 1 aromatic carbocycles. The lowest BCUT2D eigenvalue weighted by Gasteiger charge is -2.36. The lowest BCUT2D eigenvalue weighted by Crippen LogP contribution is -2.54. The molecular formula is C16H22ClNO3. The zero-order chi connectivity index (χ0) is 15.3. The van der Waals surface area contributed by atoms with Crippen LogP contribution in [0.15, 0.2) is 24.3 Å². The van der Waals surface area contributed by atoms with Crippen LogP contribution in [-0.4, -0.2) is 30.3 Å². The summed E-state index contributed by atoms with van der Waals surface area (Å²) in [6.45, 7) is 0.316. The van der Waals surface area contributed by atoms with Crippen LogP contribution in [-0.2, 0) is 9.53 Å². The number of β-amino-alcohol motifs (C(OH)–C–C–N with tert-alkyl or cyclic N) is 1. The van der Waals surface area contributed by atoms with Gasteiger partial charge in [-0.15, -0.1) is 0 Å². The molecule has 0 heterocycles. The van der Waals surface area contributed by atoms with E-state index in [9.17, 15) is 9.90 Å². The summed E-state index contributed by atoms with van der Waals surface area (Å²) >= 11 is 5.84. The zero-order valence-electron chi connectivity index (χ0n) is 12.3. The largest absolute Gasteiger partial charge is 0.468 e. The van der Waals surface area contributed by atoms with Gasteiger partial charge in [0.1, 0.15) is 5.54 Å². The molecule has 1 aliphatic carbocycles. The molecule has 0 bridgehead atoms. The van der Waals surface area contributed by atoms with Gasteiger partial charge in [-0.1, -0.05) is 43.0 Å². The van der Waals surface area contributed by atoms with Crippen LogP contribution in [0, 0.1) is 0 Å². The summed E-state index contributed by atoms with van der Waals surface area (Å²) in [5, 5.41) is 14.1. The maximum atomic E-state index is 12.1. The second kappa shape index (κ2) is 7.25. The second-order valence-corrected chi connectivity index (χ2v) is 6.02. The summed E-state index contributed by atoms with van der Waals surface area (Å²) in [4.78, 5) is 12.1. The number of aliphatic hydroxyl groups is 1. The van der Waals surface area contributed by atoms with Gasteiger partial charge in [-0.3, -0.25) is 10.1 Å². The first-order chi connectivity index (χ1) is 10.1. The minimum absolute atomic E-state index is 0.231. The van der Waals surface area contributed by atoms with Crippen LogP contribution in [0.3, 0.4) is 0 Å². The van der Waals surface area contributed by atoms with Crippen LogP contribution in [0.25, 0.3) is 0 Å². The first-order valence-corrected chi connectivity index (χ1v) is 7.72. The summed E-state index contributed by atoms with van der Waals surface area (Å²) in [6, 6.07) is 7.08. The minimum atomic E-state index is -0.675. The number of benzene rings is 1. The number of carbonyl (C=O) groups is 1.